The number of amides is 1. The molecule has 0 saturated carbocycles. The number of carbonyl (C=O) groups is 1. The number of nitrogens with zero attached hydrogens (tertiary/aromatic N) is 1. The van der Waals surface area contributed by atoms with Crippen molar-refractivity contribution in [2.24, 2.45) is 5.92 Å². The second-order valence-electron chi connectivity index (χ2n) is 6.85. The zero-order valence-corrected chi connectivity index (χ0v) is 16.9. The normalized spacial score (nSPS) is 19.6. The van der Waals surface area contributed by atoms with Crippen molar-refractivity contribution in [3.63, 3.8) is 0 Å². The van der Waals surface area contributed by atoms with Crippen LogP contribution in [0.1, 0.15) is 36.2 Å². The van der Waals surface area contributed by atoms with E-state index in [1.807, 2.05) is 13.8 Å². The summed E-state index contributed by atoms with van der Waals surface area (Å²) in [5.74, 6) is -0.888. The van der Waals surface area contributed by atoms with Gasteiger partial charge in [-0.25, -0.2) is 12.8 Å². The Hall–Kier alpha value is -1.77. The fourth-order valence-electron chi connectivity index (χ4n) is 3.22. The van der Waals surface area contributed by atoms with Gasteiger partial charge in [-0.2, -0.15) is 4.31 Å². The molecule has 1 aliphatic rings. The molecule has 2 heterocycles. The van der Waals surface area contributed by atoms with Gasteiger partial charge in [0.15, 0.2) is 0 Å². The van der Waals surface area contributed by atoms with E-state index in [0.29, 0.717) is 23.6 Å². The van der Waals surface area contributed by atoms with Crippen LogP contribution >= 0.6 is 11.3 Å². The van der Waals surface area contributed by atoms with Gasteiger partial charge in [-0.3, -0.25) is 4.79 Å². The van der Waals surface area contributed by atoms with Crippen LogP contribution in [0.2, 0.25) is 0 Å². The van der Waals surface area contributed by atoms with Gasteiger partial charge in [0.1, 0.15) is 10.0 Å². The van der Waals surface area contributed by atoms with Crippen LogP contribution in [0.4, 0.5) is 4.39 Å². The molecule has 1 amide bonds. The largest absolute Gasteiger partial charge is 0.349 e. The number of aryl methyl sites for hydroxylation is 1. The standard InChI is InChI=1S/C19H23FN2O3S2/c1-13-5-10-18(26-13)27(24,25)22-11-3-4-16(12-22)19(23)21-14(2)15-6-8-17(20)9-7-15/h5-10,14,16H,3-4,11-12H2,1-2H3,(H,21,23). The molecule has 2 unspecified atom stereocenters. The van der Waals surface area contributed by atoms with E-state index in [-0.39, 0.29) is 24.3 Å². The second-order valence-corrected chi connectivity index (χ2v) is 10.3. The van der Waals surface area contributed by atoms with E-state index in [1.165, 1.54) is 27.8 Å². The number of rotatable bonds is 5. The molecule has 0 aliphatic carbocycles. The van der Waals surface area contributed by atoms with Gasteiger partial charge >= 0.3 is 0 Å². The van der Waals surface area contributed by atoms with Crippen LogP contribution in [0.3, 0.4) is 0 Å². The first kappa shape index (κ1) is 20.0. The summed E-state index contributed by atoms with van der Waals surface area (Å²) in [5.41, 5.74) is 0.805. The van der Waals surface area contributed by atoms with Crippen molar-refractivity contribution >= 4 is 27.3 Å². The molecule has 5 nitrogen and oxygen atoms in total. The molecule has 1 saturated heterocycles. The number of halogens is 1. The summed E-state index contributed by atoms with van der Waals surface area (Å²) in [6.07, 6.45) is 1.30. The van der Waals surface area contributed by atoms with Crippen molar-refractivity contribution in [3.05, 3.63) is 52.7 Å². The summed E-state index contributed by atoms with van der Waals surface area (Å²) in [5, 5.41) is 2.92. The number of benzene rings is 1. The summed E-state index contributed by atoms with van der Waals surface area (Å²) < 4.78 is 40.4. The van der Waals surface area contributed by atoms with Crippen LogP contribution in [0.5, 0.6) is 0 Å². The lowest BCUT2D eigenvalue weighted by molar-refractivity contribution is -0.126. The van der Waals surface area contributed by atoms with Crippen LogP contribution in [-0.2, 0) is 14.8 Å². The molecule has 0 spiro atoms. The Labute approximate surface area is 163 Å². The van der Waals surface area contributed by atoms with Crippen LogP contribution in [0.25, 0.3) is 0 Å². The van der Waals surface area contributed by atoms with Gasteiger partial charge in [0.05, 0.1) is 12.0 Å². The number of carbonyl (C=O) groups excluding carboxylic acids is 1. The van der Waals surface area contributed by atoms with Crippen molar-refractivity contribution < 1.29 is 17.6 Å². The molecule has 2 atom stereocenters. The lowest BCUT2D eigenvalue weighted by Gasteiger charge is -2.31. The molecule has 1 aromatic carbocycles. The van der Waals surface area contributed by atoms with Crippen molar-refractivity contribution in [1.29, 1.82) is 0 Å². The van der Waals surface area contributed by atoms with E-state index in [9.17, 15) is 17.6 Å². The predicted molar refractivity (Wildman–Crippen MR) is 103 cm³/mol. The lowest BCUT2D eigenvalue weighted by Crippen LogP contribution is -2.45. The first-order chi connectivity index (χ1) is 12.8. The highest BCUT2D eigenvalue weighted by Crippen LogP contribution is 2.28. The molecule has 1 aliphatic heterocycles. The van der Waals surface area contributed by atoms with Crippen LogP contribution in [0.15, 0.2) is 40.6 Å². The van der Waals surface area contributed by atoms with Gasteiger partial charge < -0.3 is 5.32 Å². The van der Waals surface area contributed by atoms with Crippen LogP contribution in [-0.4, -0.2) is 31.7 Å². The zero-order chi connectivity index (χ0) is 19.6. The number of sulfonamides is 1. The molecular formula is C19H23FN2O3S2. The van der Waals surface area contributed by atoms with E-state index in [0.717, 1.165) is 10.4 Å². The average Bonchev–Trinajstić information content (AvgIpc) is 3.09. The fraction of sp³-hybridized carbons (Fsp3) is 0.421. The zero-order valence-electron chi connectivity index (χ0n) is 15.3. The molecule has 1 fully saturated rings. The quantitative estimate of drug-likeness (QED) is 0.821. The number of piperidine rings is 1. The summed E-state index contributed by atoms with van der Waals surface area (Å²) in [6, 6.07) is 9.12. The average molecular weight is 411 g/mol. The topological polar surface area (TPSA) is 66.5 Å². The Morgan fingerprint density at radius 1 is 1.26 bits per heavy atom. The highest BCUT2D eigenvalue weighted by molar-refractivity contribution is 7.91. The third-order valence-electron chi connectivity index (χ3n) is 4.79. The smallest absolute Gasteiger partial charge is 0.252 e. The van der Waals surface area contributed by atoms with Gasteiger partial charge in [0.2, 0.25) is 5.91 Å². The Morgan fingerprint density at radius 3 is 2.59 bits per heavy atom. The van der Waals surface area contributed by atoms with E-state index in [2.05, 4.69) is 5.32 Å². The Bertz CT molecular complexity index is 909. The van der Waals surface area contributed by atoms with E-state index in [4.69, 9.17) is 0 Å². The number of hydrogen-bond acceptors (Lipinski definition) is 4. The van der Waals surface area contributed by atoms with Crippen molar-refractivity contribution in [1.82, 2.24) is 9.62 Å². The van der Waals surface area contributed by atoms with Gasteiger partial charge in [0.25, 0.3) is 10.0 Å². The third-order valence-corrected chi connectivity index (χ3v) is 8.13. The van der Waals surface area contributed by atoms with Crippen LogP contribution in [0, 0.1) is 18.7 Å². The number of nitrogens with one attached hydrogen (secondary N) is 1. The maximum Gasteiger partial charge on any atom is 0.252 e. The second kappa shape index (κ2) is 8.08. The lowest BCUT2D eigenvalue weighted by atomic mass is 9.98. The van der Waals surface area contributed by atoms with Gasteiger partial charge in [-0.1, -0.05) is 12.1 Å². The number of thiophene rings is 1. The molecular weight excluding hydrogens is 387 g/mol. The maximum absolute atomic E-state index is 13.1. The molecule has 27 heavy (non-hydrogen) atoms. The molecule has 146 valence electrons. The van der Waals surface area contributed by atoms with Crippen molar-refractivity contribution in [3.8, 4) is 0 Å². The van der Waals surface area contributed by atoms with Crippen molar-refractivity contribution in [2.75, 3.05) is 13.1 Å². The third kappa shape index (κ3) is 4.56. The predicted octanol–water partition coefficient (Wildman–Crippen LogP) is 3.47. The van der Waals surface area contributed by atoms with E-state index < -0.39 is 15.9 Å². The van der Waals surface area contributed by atoms with Crippen LogP contribution < -0.4 is 5.32 Å². The summed E-state index contributed by atoms with van der Waals surface area (Å²) in [4.78, 5) is 13.6. The first-order valence-corrected chi connectivity index (χ1v) is 11.2. The molecule has 0 bridgehead atoms. The molecule has 8 heteroatoms. The monoisotopic (exact) mass is 410 g/mol. The molecule has 0 radical (unpaired) electrons. The maximum atomic E-state index is 13.1. The molecule has 3 rings (SSSR count). The Balaban J connectivity index is 1.66. The minimum absolute atomic E-state index is 0.172. The van der Waals surface area contributed by atoms with Gasteiger partial charge in [-0.05, 0) is 56.5 Å². The first-order valence-electron chi connectivity index (χ1n) is 8.90. The molecule has 1 aromatic heterocycles. The Morgan fingerprint density at radius 2 is 1.96 bits per heavy atom. The summed E-state index contributed by atoms with van der Waals surface area (Å²) in [7, 11) is -3.56. The van der Waals surface area contributed by atoms with Gasteiger partial charge in [-0.15, -0.1) is 11.3 Å². The summed E-state index contributed by atoms with van der Waals surface area (Å²) >= 11 is 1.25. The minimum atomic E-state index is -3.56. The summed E-state index contributed by atoms with van der Waals surface area (Å²) in [6.45, 7) is 4.31. The molecule has 2 aromatic rings. The van der Waals surface area contributed by atoms with Crippen molar-refractivity contribution in [2.45, 2.75) is 36.9 Å². The van der Waals surface area contributed by atoms with E-state index in [1.54, 1.807) is 24.3 Å². The highest BCUT2D eigenvalue weighted by atomic mass is 32.2. The highest BCUT2D eigenvalue weighted by Gasteiger charge is 2.34. The van der Waals surface area contributed by atoms with Gasteiger partial charge in [0, 0.05) is 18.0 Å². The van der Waals surface area contributed by atoms with E-state index >= 15 is 0 Å². The minimum Gasteiger partial charge on any atom is -0.349 e. The number of hydrogen-bond donors (Lipinski definition) is 1. The fourth-order valence-corrected chi connectivity index (χ4v) is 6.18. The SMILES string of the molecule is Cc1ccc(S(=O)(=O)N2CCCC(C(=O)NC(C)c3ccc(F)cc3)C2)s1. The molecule has 1 N–H and O–H groups in total. The Kier molecular flexibility index (Phi) is 5.98.